The van der Waals surface area contributed by atoms with Crippen LogP contribution < -0.4 is 17.2 Å². The molecule has 0 bridgehead atoms. The molecule has 0 aliphatic rings. The van der Waals surface area contributed by atoms with Crippen molar-refractivity contribution in [2.24, 2.45) is 22.2 Å². The molecule has 0 aromatic carbocycles. The second-order valence-corrected chi connectivity index (χ2v) is 3.92. The minimum Gasteiger partial charge on any atom is -0.462 e. The summed E-state index contributed by atoms with van der Waals surface area (Å²) in [5, 5.41) is 16.0. The molecule has 0 amide bonds. The molecule has 124 valence electrons. The SMILES string of the molecule is NC(N)=NCCCC(N)C(=O)OCCOCCON(O)O. The number of carbonyl (C=O) groups is 1. The predicted molar refractivity (Wildman–Crippen MR) is 71.0 cm³/mol. The highest BCUT2D eigenvalue weighted by molar-refractivity contribution is 5.76. The second-order valence-electron chi connectivity index (χ2n) is 3.92. The maximum Gasteiger partial charge on any atom is 0.322 e. The molecule has 0 saturated heterocycles. The van der Waals surface area contributed by atoms with Gasteiger partial charge in [-0.1, -0.05) is 0 Å². The monoisotopic (exact) mass is 309 g/mol. The van der Waals surface area contributed by atoms with E-state index in [0.717, 1.165) is 0 Å². The Morgan fingerprint density at radius 3 is 2.48 bits per heavy atom. The largest absolute Gasteiger partial charge is 0.462 e. The molecule has 0 aliphatic carbocycles. The van der Waals surface area contributed by atoms with Gasteiger partial charge in [0, 0.05) is 6.54 Å². The van der Waals surface area contributed by atoms with Gasteiger partial charge >= 0.3 is 5.97 Å². The van der Waals surface area contributed by atoms with Crippen LogP contribution in [0.15, 0.2) is 4.99 Å². The first kappa shape index (κ1) is 19.5. The van der Waals surface area contributed by atoms with Gasteiger partial charge in [-0.05, 0) is 12.8 Å². The fourth-order valence-corrected chi connectivity index (χ4v) is 1.23. The van der Waals surface area contributed by atoms with E-state index in [9.17, 15) is 4.79 Å². The number of hydrogen-bond donors (Lipinski definition) is 5. The van der Waals surface area contributed by atoms with E-state index in [1.807, 2.05) is 0 Å². The molecular weight excluding hydrogens is 286 g/mol. The average Bonchev–Trinajstić information content (AvgIpc) is 2.41. The Kier molecular flexibility index (Phi) is 11.4. The molecule has 8 N–H and O–H groups in total. The fourth-order valence-electron chi connectivity index (χ4n) is 1.23. The highest BCUT2D eigenvalue weighted by Gasteiger charge is 2.14. The summed E-state index contributed by atoms with van der Waals surface area (Å²) < 4.78 is 9.89. The molecule has 0 aromatic rings. The van der Waals surface area contributed by atoms with Gasteiger partial charge in [-0.2, -0.15) is 0 Å². The summed E-state index contributed by atoms with van der Waals surface area (Å²) in [5.41, 5.74) is 15.9. The quantitative estimate of drug-likeness (QED) is 0.0884. The first-order valence-corrected chi connectivity index (χ1v) is 6.29. The van der Waals surface area contributed by atoms with Crippen molar-refractivity contribution < 1.29 is 29.5 Å². The van der Waals surface area contributed by atoms with Crippen molar-refractivity contribution in [3.8, 4) is 0 Å². The van der Waals surface area contributed by atoms with Gasteiger partial charge in [0.1, 0.15) is 12.6 Å². The van der Waals surface area contributed by atoms with Crippen molar-refractivity contribution >= 4 is 11.9 Å². The van der Waals surface area contributed by atoms with Crippen LogP contribution in [0.1, 0.15) is 12.8 Å². The van der Waals surface area contributed by atoms with Gasteiger partial charge in [0.25, 0.3) is 0 Å². The molecule has 0 aromatic heterocycles. The summed E-state index contributed by atoms with van der Waals surface area (Å²) >= 11 is 0. The van der Waals surface area contributed by atoms with Crippen LogP contribution in [0.25, 0.3) is 0 Å². The summed E-state index contributed by atoms with van der Waals surface area (Å²) in [5.74, 6) is -0.533. The molecule has 0 aliphatic heterocycles. The Labute approximate surface area is 122 Å². The van der Waals surface area contributed by atoms with Crippen LogP contribution in [0.2, 0.25) is 0 Å². The van der Waals surface area contributed by atoms with Crippen LogP contribution in [0.3, 0.4) is 0 Å². The molecule has 0 spiro atoms. The Hall–Kier alpha value is -1.50. The fraction of sp³-hybridized carbons (Fsp3) is 0.800. The number of hydrogen-bond acceptors (Lipinski definition) is 9. The van der Waals surface area contributed by atoms with Crippen LogP contribution in [-0.2, 0) is 19.1 Å². The van der Waals surface area contributed by atoms with E-state index in [2.05, 4.69) is 9.83 Å². The standard InChI is InChI=1S/C10H23N5O6/c11-8(2-1-3-14-10(12)13)9(16)20-6-4-19-5-7-21-15(17)18/h8,17-18H,1-7,11H2,(H4,12,13,14). The maximum absolute atomic E-state index is 11.5. The van der Waals surface area contributed by atoms with Gasteiger partial charge in [-0.25, -0.2) is 4.84 Å². The van der Waals surface area contributed by atoms with Gasteiger partial charge in [0.15, 0.2) is 5.96 Å². The summed E-state index contributed by atoms with van der Waals surface area (Å²) in [7, 11) is 0. The number of carbonyl (C=O) groups excluding carboxylic acids is 1. The number of rotatable bonds is 12. The van der Waals surface area contributed by atoms with E-state index in [0.29, 0.717) is 19.4 Å². The number of nitrogens with zero attached hydrogens (tertiary/aromatic N) is 2. The number of aliphatic imine (C=N–C) groups is 1. The van der Waals surface area contributed by atoms with Crippen molar-refractivity contribution in [3.05, 3.63) is 0 Å². The van der Waals surface area contributed by atoms with Crippen LogP contribution >= 0.6 is 0 Å². The third kappa shape index (κ3) is 13.2. The van der Waals surface area contributed by atoms with E-state index in [4.69, 9.17) is 37.1 Å². The molecule has 11 heteroatoms. The van der Waals surface area contributed by atoms with Crippen molar-refractivity contribution in [2.75, 3.05) is 33.0 Å². The molecule has 0 fully saturated rings. The van der Waals surface area contributed by atoms with Crippen LogP contribution in [0.4, 0.5) is 0 Å². The van der Waals surface area contributed by atoms with E-state index in [-0.39, 0.29) is 32.4 Å². The van der Waals surface area contributed by atoms with Gasteiger partial charge in [0.2, 0.25) is 0 Å². The third-order valence-electron chi connectivity index (χ3n) is 2.18. The summed E-state index contributed by atoms with van der Waals surface area (Å²) in [6, 6.07) is -0.736. The molecular formula is C10H23N5O6. The lowest BCUT2D eigenvalue weighted by atomic mass is 10.2. The van der Waals surface area contributed by atoms with E-state index in [1.54, 1.807) is 0 Å². The number of ether oxygens (including phenoxy) is 2. The normalized spacial score (nSPS) is 12.2. The number of nitrogens with two attached hydrogens (primary N) is 3. The molecule has 0 saturated carbocycles. The van der Waals surface area contributed by atoms with Gasteiger partial charge in [-0.15, -0.1) is 0 Å². The summed E-state index contributed by atoms with van der Waals surface area (Å²) in [4.78, 5) is 19.5. The second kappa shape index (κ2) is 12.3. The van der Waals surface area contributed by atoms with Crippen LogP contribution in [0, 0.1) is 0 Å². The summed E-state index contributed by atoms with van der Waals surface area (Å²) in [6.45, 7) is 0.652. The minimum atomic E-state index is -0.736. The topological polar surface area (TPSA) is 179 Å². The number of esters is 1. The first-order chi connectivity index (χ1) is 9.93. The van der Waals surface area contributed by atoms with Crippen LogP contribution in [0.5, 0.6) is 0 Å². The molecule has 0 rings (SSSR count). The lowest BCUT2D eigenvalue weighted by molar-refractivity contribution is -0.493. The Balaban J connectivity index is 3.49. The Bertz CT molecular complexity index is 310. The van der Waals surface area contributed by atoms with E-state index < -0.39 is 17.4 Å². The van der Waals surface area contributed by atoms with E-state index in [1.165, 1.54) is 0 Å². The smallest absolute Gasteiger partial charge is 0.322 e. The first-order valence-electron chi connectivity index (χ1n) is 6.29. The molecule has 1 atom stereocenters. The van der Waals surface area contributed by atoms with Crippen molar-refractivity contribution in [2.45, 2.75) is 18.9 Å². The lowest BCUT2D eigenvalue weighted by Gasteiger charge is -2.11. The molecule has 21 heavy (non-hydrogen) atoms. The minimum absolute atomic E-state index is 0.00204. The van der Waals surface area contributed by atoms with E-state index >= 15 is 0 Å². The van der Waals surface area contributed by atoms with Crippen molar-refractivity contribution in [1.29, 1.82) is 0 Å². The maximum atomic E-state index is 11.5. The Morgan fingerprint density at radius 2 is 1.86 bits per heavy atom. The molecule has 0 heterocycles. The molecule has 0 radical (unpaired) electrons. The third-order valence-corrected chi connectivity index (χ3v) is 2.18. The highest BCUT2D eigenvalue weighted by Crippen LogP contribution is 1.98. The highest BCUT2D eigenvalue weighted by atomic mass is 17.1. The average molecular weight is 309 g/mol. The zero-order chi connectivity index (χ0) is 16.1. The van der Waals surface area contributed by atoms with Crippen molar-refractivity contribution in [1.82, 2.24) is 5.39 Å². The van der Waals surface area contributed by atoms with Gasteiger partial charge in [0.05, 0.1) is 25.2 Å². The van der Waals surface area contributed by atoms with Gasteiger partial charge < -0.3 is 26.7 Å². The summed E-state index contributed by atoms with van der Waals surface area (Å²) in [6.07, 6.45) is 0.980. The Morgan fingerprint density at radius 1 is 1.19 bits per heavy atom. The van der Waals surface area contributed by atoms with Crippen molar-refractivity contribution in [3.63, 3.8) is 0 Å². The number of guanidine groups is 1. The lowest BCUT2D eigenvalue weighted by Crippen LogP contribution is -2.33. The zero-order valence-electron chi connectivity index (χ0n) is 11.7. The molecule has 1 unspecified atom stereocenters. The van der Waals surface area contributed by atoms with Gasteiger partial charge in [-0.3, -0.25) is 20.2 Å². The zero-order valence-corrected chi connectivity index (χ0v) is 11.7. The van der Waals surface area contributed by atoms with Crippen LogP contribution in [-0.4, -0.2) is 66.7 Å². The predicted octanol–water partition coefficient (Wildman–Crippen LogP) is -2.06. The molecule has 11 nitrogen and oxygen atoms in total.